The van der Waals surface area contributed by atoms with Crippen molar-refractivity contribution in [2.45, 2.75) is 26.3 Å². The Kier molecular flexibility index (Phi) is 5.04. The molecule has 0 saturated heterocycles. The standard InChI is InChI=1S/C18H21NO3/c1-4-13-8-10-14(11-9-13)12(2)19-18(21)17-15(20)6-5-7-16(17)22-3/h5-12,20H,4H2,1-3H3,(H,19,21). The number of ether oxygens (including phenoxy) is 1. The van der Waals surface area contributed by atoms with E-state index >= 15 is 0 Å². The summed E-state index contributed by atoms with van der Waals surface area (Å²) in [5, 5.41) is 12.8. The molecule has 4 heteroatoms. The number of phenols is 1. The predicted octanol–water partition coefficient (Wildman–Crippen LogP) is 3.45. The zero-order valence-corrected chi connectivity index (χ0v) is 13.1. The summed E-state index contributed by atoms with van der Waals surface area (Å²) in [6.07, 6.45) is 0.982. The van der Waals surface area contributed by atoms with Crippen LogP contribution in [0.4, 0.5) is 0 Å². The highest BCUT2D eigenvalue weighted by Crippen LogP contribution is 2.27. The normalized spacial score (nSPS) is 11.8. The van der Waals surface area contributed by atoms with Crippen LogP contribution in [0.25, 0.3) is 0 Å². The molecule has 0 radical (unpaired) electrons. The highest BCUT2D eigenvalue weighted by atomic mass is 16.5. The molecule has 22 heavy (non-hydrogen) atoms. The maximum atomic E-state index is 12.4. The van der Waals surface area contributed by atoms with Gasteiger partial charge in [-0.15, -0.1) is 0 Å². The molecule has 0 aliphatic carbocycles. The number of aryl methyl sites for hydroxylation is 1. The Bertz CT molecular complexity index is 650. The van der Waals surface area contributed by atoms with Crippen LogP contribution in [0.5, 0.6) is 11.5 Å². The fraction of sp³-hybridized carbons (Fsp3) is 0.278. The first-order valence-corrected chi connectivity index (χ1v) is 7.32. The second-order valence-corrected chi connectivity index (χ2v) is 5.14. The van der Waals surface area contributed by atoms with E-state index in [2.05, 4.69) is 24.4 Å². The number of phenolic OH excluding ortho intramolecular Hbond substituents is 1. The van der Waals surface area contributed by atoms with Crippen LogP contribution >= 0.6 is 0 Å². The quantitative estimate of drug-likeness (QED) is 0.889. The Balaban J connectivity index is 2.17. The van der Waals surface area contributed by atoms with Gasteiger partial charge in [0.1, 0.15) is 17.1 Å². The molecule has 2 rings (SSSR count). The molecular weight excluding hydrogens is 278 g/mol. The third-order valence-electron chi connectivity index (χ3n) is 3.69. The Morgan fingerprint density at radius 2 is 1.91 bits per heavy atom. The summed E-state index contributed by atoms with van der Waals surface area (Å²) < 4.78 is 5.14. The maximum absolute atomic E-state index is 12.4. The van der Waals surface area contributed by atoms with Gasteiger partial charge in [-0.25, -0.2) is 0 Å². The van der Waals surface area contributed by atoms with E-state index in [-0.39, 0.29) is 23.3 Å². The lowest BCUT2D eigenvalue weighted by molar-refractivity contribution is 0.0934. The first-order chi connectivity index (χ1) is 10.6. The first kappa shape index (κ1) is 15.9. The molecule has 0 bridgehead atoms. The van der Waals surface area contributed by atoms with E-state index < -0.39 is 0 Å². The van der Waals surface area contributed by atoms with Gasteiger partial charge in [0, 0.05) is 0 Å². The van der Waals surface area contributed by atoms with E-state index in [0.29, 0.717) is 5.75 Å². The van der Waals surface area contributed by atoms with Gasteiger partial charge in [0.05, 0.1) is 13.2 Å². The molecular formula is C18H21NO3. The second-order valence-electron chi connectivity index (χ2n) is 5.14. The zero-order chi connectivity index (χ0) is 16.1. The molecule has 2 N–H and O–H groups in total. The van der Waals surface area contributed by atoms with Gasteiger partial charge >= 0.3 is 0 Å². The van der Waals surface area contributed by atoms with E-state index in [1.165, 1.54) is 18.7 Å². The zero-order valence-electron chi connectivity index (χ0n) is 13.1. The molecule has 1 amide bonds. The fourth-order valence-electron chi connectivity index (χ4n) is 2.31. The van der Waals surface area contributed by atoms with Crippen LogP contribution < -0.4 is 10.1 Å². The van der Waals surface area contributed by atoms with Crippen LogP contribution in [-0.4, -0.2) is 18.1 Å². The number of nitrogens with one attached hydrogen (secondary N) is 1. The third kappa shape index (κ3) is 3.39. The van der Waals surface area contributed by atoms with Gasteiger partial charge in [0.15, 0.2) is 0 Å². The Labute approximate surface area is 130 Å². The van der Waals surface area contributed by atoms with Gasteiger partial charge in [-0.2, -0.15) is 0 Å². The Morgan fingerprint density at radius 1 is 1.23 bits per heavy atom. The summed E-state index contributed by atoms with van der Waals surface area (Å²) in [5.74, 6) is -0.0987. The number of carbonyl (C=O) groups excluding carboxylic acids is 1. The minimum absolute atomic E-state index is 0.0922. The topological polar surface area (TPSA) is 58.6 Å². The van der Waals surface area contributed by atoms with E-state index in [1.807, 2.05) is 19.1 Å². The monoisotopic (exact) mass is 299 g/mol. The van der Waals surface area contributed by atoms with Crippen molar-refractivity contribution >= 4 is 5.91 Å². The number of benzene rings is 2. The number of hydrogen-bond donors (Lipinski definition) is 2. The van der Waals surface area contributed by atoms with E-state index in [1.54, 1.807) is 12.1 Å². The largest absolute Gasteiger partial charge is 0.507 e. The molecule has 0 spiro atoms. The van der Waals surface area contributed by atoms with Crippen molar-refractivity contribution in [2.75, 3.05) is 7.11 Å². The summed E-state index contributed by atoms with van der Waals surface area (Å²) >= 11 is 0. The van der Waals surface area contributed by atoms with Gasteiger partial charge in [0.25, 0.3) is 5.91 Å². The van der Waals surface area contributed by atoms with E-state index in [0.717, 1.165) is 12.0 Å². The van der Waals surface area contributed by atoms with Crippen LogP contribution in [0.2, 0.25) is 0 Å². The summed E-state index contributed by atoms with van der Waals surface area (Å²) in [6.45, 7) is 4.01. The fourth-order valence-corrected chi connectivity index (χ4v) is 2.31. The summed E-state index contributed by atoms with van der Waals surface area (Å²) in [7, 11) is 1.47. The minimum atomic E-state index is -0.359. The van der Waals surface area contributed by atoms with Gasteiger partial charge < -0.3 is 15.2 Å². The SMILES string of the molecule is CCc1ccc(C(C)NC(=O)c2c(O)cccc2OC)cc1. The molecule has 2 aromatic carbocycles. The summed E-state index contributed by atoms with van der Waals surface area (Å²) in [6, 6.07) is 12.7. The number of carbonyl (C=O) groups is 1. The van der Waals surface area contributed by atoms with E-state index in [9.17, 15) is 9.90 Å². The van der Waals surface area contributed by atoms with Crippen LogP contribution in [0.15, 0.2) is 42.5 Å². The lowest BCUT2D eigenvalue weighted by Gasteiger charge is -2.16. The average Bonchev–Trinajstić information content (AvgIpc) is 2.54. The first-order valence-electron chi connectivity index (χ1n) is 7.32. The van der Waals surface area contributed by atoms with Crippen molar-refractivity contribution in [3.8, 4) is 11.5 Å². The number of amides is 1. The molecule has 116 valence electrons. The van der Waals surface area contributed by atoms with Crippen LogP contribution in [0, 0.1) is 0 Å². The van der Waals surface area contributed by atoms with Crippen LogP contribution in [0.3, 0.4) is 0 Å². The molecule has 0 heterocycles. The molecule has 0 aliphatic heterocycles. The van der Waals surface area contributed by atoms with E-state index in [4.69, 9.17) is 4.74 Å². The van der Waals surface area contributed by atoms with Crippen molar-refractivity contribution in [1.82, 2.24) is 5.32 Å². The molecule has 0 aromatic heterocycles. The van der Waals surface area contributed by atoms with Gasteiger partial charge in [-0.3, -0.25) is 4.79 Å². The lowest BCUT2D eigenvalue weighted by atomic mass is 10.0. The Hall–Kier alpha value is -2.49. The van der Waals surface area contributed by atoms with Gasteiger partial charge in [-0.1, -0.05) is 37.3 Å². The molecule has 0 fully saturated rings. The molecule has 0 aliphatic rings. The maximum Gasteiger partial charge on any atom is 0.259 e. The summed E-state index contributed by atoms with van der Waals surface area (Å²) in [4.78, 5) is 12.4. The smallest absolute Gasteiger partial charge is 0.259 e. The number of rotatable bonds is 5. The molecule has 1 atom stereocenters. The molecule has 2 aromatic rings. The van der Waals surface area contributed by atoms with Crippen molar-refractivity contribution < 1.29 is 14.6 Å². The highest BCUT2D eigenvalue weighted by Gasteiger charge is 2.19. The molecule has 4 nitrogen and oxygen atoms in total. The molecule has 0 saturated carbocycles. The number of hydrogen-bond acceptors (Lipinski definition) is 3. The second kappa shape index (κ2) is 6.98. The van der Waals surface area contributed by atoms with Crippen molar-refractivity contribution in [3.63, 3.8) is 0 Å². The van der Waals surface area contributed by atoms with Crippen molar-refractivity contribution in [3.05, 3.63) is 59.2 Å². The Morgan fingerprint density at radius 3 is 2.50 bits per heavy atom. The summed E-state index contributed by atoms with van der Waals surface area (Å²) in [5.41, 5.74) is 2.42. The van der Waals surface area contributed by atoms with Crippen LogP contribution in [-0.2, 0) is 6.42 Å². The minimum Gasteiger partial charge on any atom is -0.507 e. The average molecular weight is 299 g/mol. The lowest BCUT2D eigenvalue weighted by Crippen LogP contribution is -2.27. The van der Waals surface area contributed by atoms with Crippen molar-refractivity contribution in [2.24, 2.45) is 0 Å². The van der Waals surface area contributed by atoms with Crippen molar-refractivity contribution in [1.29, 1.82) is 0 Å². The predicted molar refractivity (Wildman–Crippen MR) is 86.4 cm³/mol. The number of aromatic hydroxyl groups is 1. The molecule has 1 unspecified atom stereocenters. The van der Waals surface area contributed by atoms with Gasteiger partial charge in [-0.05, 0) is 36.6 Å². The third-order valence-corrected chi connectivity index (χ3v) is 3.69. The van der Waals surface area contributed by atoms with Crippen LogP contribution in [0.1, 0.15) is 41.4 Å². The number of methoxy groups -OCH3 is 1. The highest BCUT2D eigenvalue weighted by molar-refractivity contribution is 5.99. The van der Waals surface area contributed by atoms with Gasteiger partial charge in [0.2, 0.25) is 0 Å².